The van der Waals surface area contributed by atoms with Crippen molar-refractivity contribution in [2.75, 3.05) is 13.2 Å². The summed E-state index contributed by atoms with van der Waals surface area (Å²) in [6.07, 6.45) is 6.69. The summed E-state index contributed by atoms with van der Waals surface area (Å²) in [5.41, 5.74) is 3.06. The number of benzene rings is 1. The molecule has 0 atom stereocenters. The van der Waals surface area contributed by atoms with Gasteiger partial charge >= 0.3 is 0 Å². The first-order valence-electron chi connectivity index (χ1n) is 9.34. The number of rotatable bonds is 7. The van der Waals surface area contributed by atoms with E-state index in [2.05, 4.69) is 20.2 Å². The third-order valence-electron chi connectivity index (χ3n) is 4.37. The van der Waals surface area contributed by atoms with Crippen LogP contribution in [0.25, 0.3) is 22.6 Å². The van der Waals surface area contributed by atoms with Crippen molar-refractivity contribution in [3.05, 3.63) is 77.1 Å². The van der Waals surface area contributed by atoms with Gasteiger partial charge in [0.1, 0.15) is 6.61 Å². The largest absolute Gasteiger partial charge is 0.488 e. The molecular formula is C21H20N6O3. The molecule has 0 fully saturated rings. The summed E-state index contributed by atoms with van der Waals surface area (Å²) in [6.45, 7) is 0.440. The number of nitrogens with zero attached hydrogens (tertiary/aromatic N) is 6. The minimum absolute atomic E-state index is 0.0703. The highest BCUT2D eigenvalue weighted by Gasteiger charge is 2.08. The highest BCUT2D eigenvalue weighted by molar-refractivity contribution is 5.57. The zero-order valence-electron chi connectivity index (χ0n) is 16.3. The Labute approximate surface area is 172 Å². The summed E-state index contributed by atoms with van der Waals surface area (Å²) in [7, 11) is 1.83. The number of hydrogen-bond acceptors (Lipinski definition) is 7. The molecule has 4 aromatic rings. The van der Waals surface area contributed by atoms with Crippen LogP contribution in [0, 0.1) is 0 Å². The molecule has 3 heterocycles. The van der Waals surface area contributed by atoms with Gasteiger partial charge in [-0.2, -0.15) is 10.2 Å². The van der Waals surface area contributed by atoms with Crippen molar-refractivity contribution in [2.24, 2.45) is 7.05 Å². The summed E-state index contributed by atoms with van der Waals surface area (Å²) in [4.78, 5) is 20.9. The quantitative estimate of drug-likeness (QED) is 0.497. The smallest absolute Gasteiger partial charge is 0.267 e. The second kappa shape index (κ2) is 8.66. The molecule has 0 saturated carbocycles. The van der Waals surface area contributed by atoms with Crippen molar-refractivity contribution in [3.63, 3.8) is 0 Å². The number of aliphatic hydroxyl groups is 1. The van der Waals surface area contributed by atoms with Gasteiger partial charge in [0.2, 0.25) is 0 Å². The molecule has 0 amide bonds. The van der Waals surface area contributed by atoms with Gasteiger partial charge in [-0.1, -0.05) is 18.2 Å². The van der Waals surface area contributed by atoms with E-state index in [-0.39, 0.29) is 18.8 Å². The Morgan fingerprint density at radius 3 is 2.63 bits per heavy atom. The van der Waals surface area contributed by atoms with Gasteiger partial charge in [-0.15, -0.1) is 0 Å². The van der Waals surface area contributed by atoms with Crippen LogP contribution in [0.5, 0.6) is 5.75 Å². The fraction of sp³-hybridized carbons (Fsp3) is 0.190. The zero-order valence-corrected chi connectivity index (χ0v) is 16.3. The van der Waals surface area contributed by atoms with Gasteiger partial charge in [0.25, 0.3) is 5.56 Å². The molecule has 9 nitrogen and oxygen atoms in total. The lowest BCUT2D eigenvalue weighted by Gasteiger charge is -2.08. The lowest BCUT2D eigenvalue weighted by atomic mass is 10.1. The van der Waals surface area contributed by atoms with E-state index in [1.54, 1.807) is 29.3 Å². The molecule has 0 bridgehead atoms. The van der Waals surface area contributed by atoms with E-state index in [9.17, 15) is 4.79 Å². The van der Waals surface area contributed by atoms with Crippen LogP contribution in [0.1, 0.15) is 5.56 Å². The Hall–Kier alpha value is -3.85. The van der Waals surface area contributed by atoms with Gasteiger partial charge in [0.05, 0.1) is 37.4 Å². The van der Waals surface area contributed by atoms with Crippen molar-refractivity contribution in [1.82, 2.24) is 29.5 Å². The summed E-state index contributed by atoms with van der Waals surface area (Å²) in [6, 6.07) is 10.8. The molecule has 1 N–H and O–H groups in total. The van der Waals surface area contributed by atoms with Gasteiger partial charge in [0.15, 0.2) is 11.6 Å². The molecule has 0 radical (unpaired) electrons. The number of hydrogen-bond donors (Lipinski definition) is 1. The van der Waals surface area contributed by atoms with Crippen LogP contribution < -0.4 is 10.3 Å². The van der Waals surface area contributed by atoms with Gasteiger partial charge in [-0.3, -0.25) is 9.48 Å². The predicted octanol–water partition coefficient (Wildman–Crippen LogP) is 1.52. The molecule has 3 aromatic heterocycles. The van der Waals surface area contributed by atoms with Crippen LogP contribution in [0.2, 0.25) is 0 Å². The number of ether oxygens (including phenoxy) is 1. The van der Waals surface area contributed by atoms with E-state index < -0.39 is 0 Å². The summed E-state index contributed by atoms with van der Waals surface area (Å²) in [5.74, 6) is 1.03. The number of aromatic nitrogens is 6. The van der Waals surface area contributed by atoms with Crippen LogP contribution in [0.3, 0.4) is 0 Å². The van der Waals surface area contributed by atoms with E-state index in [0.717, 1.165) is 16.7 Å². The Bertz CT molecular complexity index is 1200. The van der Waals surface area contributed by atoms with E-state index in [1.807, 2.05) is 37.5 Å². The Morgan fingerprint density at radius 2 is 1.90 bits per heavy atom. The third kappa shape index (κ3) is 4.41. The van der Waals surface area contributed by atoms with Crippen LogP contribution in [0.4, 0.5) is 0 Å². The second-order valence-electron chi connectivity index (χ2n) is 6.63. The molecular weight excluding hydrogens is 384 g/mol. The fourth-order valence-corrected chi connectivity index (χ4v) is 2.95. The highest BCUT2D eigenvalue weighted by Crippen LogP contribution is 2.19. The summed E-state index contributed by atoms with van der Waals surface area (Å²) >= 11 is 0. The SMILES string of the molecule is Cn1cc(-c2ccc(=O)n(Cc3cccc(-c4ncc(OCCO)cn4)c3)n2)cn1. The van der Waals surface area contributed by atoms with Gasteiger partial charge in [-0.05, 0) is 17.7 Å². The average molecular weight is 404 g/mol. The van der Waals surface area contributed by atoms with Crippen LogP contribution >= 0.6 is 0 Å². The summed E-state index contributed by atoms with van der Waals surface area (Å²) in [5, 5.41) is 17.4. The average Bonchev–Trinajstić information content (AvgIpc) is 3.21. The van der Waals surface area contributed by atoms with E-state index in [4.69, 9.17) is 9.84 Å². The maximum Gasteiger partial charge on any atom is 0.267 e. The molecule has 0 aliphatic rings. The van der Waals surface area contributed by atoms with Crippen molar-refractivity contribution in [2.45, 2.75) is 6.54 Å². The molecule has 0 saturated heterocycles. The summed E-state index contributed by atoms with van der Waals surface area (Å²) < 4.78 is 8.40. The molecule has 0 aliphatic carbocycles. The Balaban J connectivity index is 1.57. The predicted molar refractivity (Wildman–Crippen MR) is 110 cm³/mol. The Morgan fingerprint density at radius 1 is 1.07 bits per heavy atom. The van der Waals surface area contributed by atoms with Crippen LogP contribution in [0.15, 0.2) is 66.0 Å². The van der Waals surface area contributed by atoms with Gasteiger partial charge < -0.3 is 9.84 Å². The number of aliphatic hydroxyl groups excluding tert-OH is 1. The highest BCUT2D eigenvalue weighted by atomic mass is 16.5. The molecule has 0 unspecified atom stereocenters. The van der Waals surface area contributed by atoms with Gasteiger partial charge in [-0.25, -0.2) is 14.6 Å². The molecule has 0 aliphatic heterocycles. The lowest BCUT2D eigenvalue weighted by Crippen LogP contribution is -2.22. The molecule has 9 heteroatoms. The number of aryl methyl sites for hydroxylation is 1. The van der Waals surface area contributed by atoms with E-state index in [0.29, 0.717) is 23.8 Å². The molecule has 0 spiro atoms. The fourth-order valence-electron chi connectivity index (χ4n) is 2.95. The van der Waals surface area contributed by atoms with Crippen molar-refractivity contribution in [1.29, 1.82) is 0 Å². The standard InChI is InChI=1S/C21H20N6O3/c1-26-14-17(10-24-26)19-5-6-20(29)27(25-19)13-15-3-2-4-16(9-15)21-22-11-18(12-23-21)30-8-7-28/h2-6,9-12,14,28H,7-8,13H2,1H3. The maximum atomic E-state index is 12.3. The van der Waals surface area contributed by atoms with Crippen LogP contribution in [-0.2, 0) is 13.6 Å². The molecule has 1 aromatic carbocycles. The van der Waals surface area contributed by atoms with Crippen molar-refractivity contribution < 1.29 is 9.84 Å². The third-order valence-corrected chi connectivity index (χ3v) is 4.37. The van der Waals surface area contributed by atoms with Crippen molar-refractivity contribution in [3.8, 4) is 28.4 Å². The first kappa shape index (κ1) is 19.5. The van der Waals surface area contributed by atoms with E-state index in [1.165, 1.54) is 10.7 Å². The maximum absolute atomic E-state index is 12.3. The molecule has 30 heavy (non-hydrogen) atoms. The van der Waals surface area contributed by atoms with Crippen molar-refractivity contribution >= 4 is 0 Å². The topological polar surface area (TPSA) is 108 Å². The Kier molecular flexibility index (Phi) is 5.62. The first-order valence-corrected chi connectivity index (χ1v) is 9.34. The molecule has 152 valence electrons. The lowest BCUT2D eigenvalue weighted by molar-refractivity contribution is 0.200. The zero-order chi connectivity index (χ0) is 20.9. The molecule has 4 rings (SSSR count). The normalized spacial score (nSPS) is 10.9. The van der Waals surface area contributed by atoms with Crippen LogP contribution in [-0.4, -0.2) is 47.8 Å². The van der Waals surface area contributed by atoms with E-state index >= 15 is 0 Å². The van der Waals surface area contributed by atoms with Gasteiger partial charge in [0, 0.05) is 30.4 Å². The second-order valence-corrected chi connectivity index (χ2v) is 6.63. The monoisotopic (exact) mass is 404 g/mol. The first-order chi connectivity index (χ1) is 14.6. The minimum Gasteiger partial charge on any atom is -0.488 e. The minimum atomic E-state index is -0.185.